The van der Waals surface area contributed by atoms with Crippen LogP contribution in [0.3, 0.4) is 0 Å². The standard InChI is InChI=1S/C18H17FN6O2/c1-10-9-15(22-18(27)20-12-7-5-11(19)6-8-12)25(24-10)17-21-14-4-2-3-13(14)16(26)23-17/h5-9H,2-4H2,1H3,(H2,20,22,27)(H,21,23,26). The van der Waals surface area contributed by atoms with Gasteiger partial charge in [-0.25, -0.2) is 14.2 Å². The average molecular weight is 368 g/mol. The number of carbonyl (C=O) groups excluding carboxylic acids is 1. The Morgan fingerprint density at radius 1 is 1.22 bits per heavy atom. The summed E-state index contributed by atoms with van der Waals surface area (Å²) in [6, 6.07) is 6.56. The first-order chi connectivity index (χ1) is 13.0. The maximum atomic E-state index is 13.0. The molecule has 0 aliphatic heterocycles. The molecule has 4 rings (SSSR count). The fraction of sp³-hybridized carbons (Fsp3) is 0.222. The van der Waals surface area contributed by atoms with Crippen LogP contribution >= 0.6 is 0 Å². The van der Waals surface area contributed by atoms with Crippen LogP contribution in [-0.4, -0.2) is 25.8 Å². The number of benzene rings is 1. The summed E-state index contributed by atoms with van der Waals surface area (Å²) in [5.74, 6) is 0.223. The molecule has 0 saturated carbocycles. The number of urea groups is 1. The van der Waals surface area contributed by atoms with E-state index in [0.717, 1.165) is 25.0 Å². The number of aromatic amines is 1. The lowest BCUT2D eigenvalue weighted by Gasteiger charge is -2.10. The lowest BCUT2D eigenvalue weighted by Crippen LogP contribution is -2.23. The van der Waals surface area contributed by atoms with Crippen LogP contribution in [0.1, 0.15) is 23.4 Å². The number of rotatable bonds is 3. The molecule has 0 bridgehead atoms. The van der Waals surface area contributed by atoms with Crippen molar-refractivity contribution >= 4 is 17.5 Å². The Morgan fingerprint density at radius 3 is 2.78 bits per heavy atom. The van der Waals surface area contributed by atoms with Crippen molar-refractivity contribution in [3.05, 3.63) is 63.5 Å². The van der Waals surface area contributed by atoms with Crippen LogP contribution in [0.5, 0.6) is 0 Å². The van der Waals surface area contributed by atoms with Gasteiger partial charge in [-0.2, -0.15) is 9.78 Å². The van der Waals surface area contributed by atoms with Crippen LogP contribution in [0.4, 0.5) is 20.7 Å². The number of nitrogens with one attached hydrogen (secondary N) is 3. The second-order valence-corrected chi connectivity index (χ2v) is 6.34. The molecule has 3 N–H and O–H groups in total. The molecule has 8 nitrogen and oxygen atoms in total. The smallest absolute Gasteiger partial charge is 0.308 e. The molecule has 0 radical (unpaired) electrons. The highest BCUT2D eigenvalue weighted by molar-refractivity contribution is 5.99. The maximum Gasteiger partial charge on any atom is 0.324 e. The summed E-state index contributed by atoms with van der Waals surface area (Å²) in [5.41, 5.74) is 2.40. The molecule has 27 heavy (non-hydrogen) atoms. The van der Waals surface area contributed by atoms with Gasteiger partial charge < -0.3 is 5.32 Å². The van der Waals surface area contributed by atoms with Crippen molar-refractivity contribution in [2.24, 2.45) is 0 Å². The molecule has 9 heteroatoms. The van der Waals surface area contributed by atoms with Crippen molar-refractivity contribution in [1.82, 2.24) is 19.7 Å². The summed E-state index contributed by atoms with van der Waals surface area (Å²) in [5, 5.41) is 9.59. The number of amides is 2. The molecule has 1 aromatic carbocycles. The zero-order valence-electron chi connectivity index (χ0n) is 14.5. The molecular weight excluding hydrogens is 351 g/mol. The number of carbonyl (C=O) groups is 1. The van der Waals surface area contributed by atoms with Crippen molar-refractivity contribution < 1.29 is 9.18 Å². The van der Waals surface area contributed by atoms with Crippen LogP contribution < -0.4 is 16.2 Å². The summed E-state index contributed by atoms with van der Waals surface area (Å²) in [6.07, 6.45) is 2.37. The Balaban J connectivity index is 1.60. The third-order valence-corrected chi connectivity index (χ3v) is 4.30. The maximum absolute atomic E-state index is 13.0. The molecule has 1 aliphatic rings. The molecule has 0 saturated heterocycles. The molecular formula is C18H17FN6O2. The minimum atomic E-state index is -0.522. The summed E-state index contributed by atoms with van der Waals surface area (Å²) >= 11 is 0. The molecule has 2 aromatic heterocycles. The number of halogens is 1. The first-order valence-corrected chi connectivity index (χ1v) is 8.52. The van der Waals surface area contributed by atoms with E-state index >= 15 is 0 Å². The molecule has 0 unspecified atom stereocenters. The number of H-pyrrole nitrogens is 1. The molecule has 0 fully saturated rings. The van der Waals surface area contributed by atoms with E-state index < -0.39 is 6.03 Å². The van der Waals surface area contributed by atoms with E-state index in [-0.39, 0.29) is 17.3 Å². The first kappa shape index (κ1) is 17.0. The topological polar surface area (TPSA) is 105 Å². The number of aromatic nitrogens is 4. The zero-order valence-corrected chi connectivity index (χ0v) is 14.5. The molecule has 0 atom stereocenters. The largest absolute Gasteiger partial charge is 0.324 e. The summed E-state index contributed by atoms with van der Waals surface area (Å²) in [4.78, 5) is 31.7. The van der Waals surface area contributed by atoms with Gasteiger partial charge in [0.15, 0.2) is 0 Å². The van der Waals surface area contributed by atoms with Gasteiger partial charge in [0.2, 0.25) is 5.95 Å². The quantitative estimate of drug-likeness (QED) is 0.661. The Kier molecular flexibility index (Phi) is 4.19. The van der Waals surface area contributed by atoms with Crippen molar-refractivity contribution in [3.8, 4) is 5.95 Å². The highest BCUT2D eigenvalue weighted by atomic mass is 19.1. The van der Waals surface area contributed by atoms with E-state index in [0.29, 0.717) is 22.8 Å². The number of aryl methyl sites for hydroxylation is 2. The van der Waals surface area contributed by atoms with Gasteiger partial charge in [0.1, 0.15) is 11.6 Å². The highest BCUT2D eigenvalue weighted by Crippen LogP contribution is 2.19. The van der Waals surface area contributed by atoms with E-state index in [4.69, 9.17) is 0 Å². The number of fused-ring (bicyclic) bond motifs is 1. The minimum Gasteiger partial charge on any atom is -0.308 e. The van der Waals surface area contributed by atoms with Crippen molar-refractivity contribution in [2.45, 2.75) is 26.2 Å². The Bertz CT molecular complexity index is 1070. The Hall–Kier alpha value is -3.49. The van der Waals surface area contributed by atoms with E-state index in [9.17, 15) is 14.0 Å². The minimum absolute atomic E-state index is 0.178. The summed E-state index contributed by atoms with van der Waals surface area (Å²) in [7, 11) is 0. The average Bonchev–Trinajstić information content (AvgIpc) is 3.23. The molecule has 2 amide bonds. The molecule has 3 aromatic rings. The second kappa shape index (κ2) is 6.67. The van der Waals surface area contributed by atoms with Gasteiger partial charge >= 0.3 is 6.03 Å². The fourth-order valence-corrected chi connectivity index (χ4v) is 3.09. The van der Waals surface area contributed by atoms with Crippen LogP contribution in [0.2, 0.25) is 0 Å². The molecule has 1 aliphatic carbocycles. The molecule has 0 spiro atoms. The fourth-order valence-electron chi connectivity index (χ4n) is 3.09. The molecule has 2 heterocycles. The lowest BCUT2D eigenvalue weighted by atomic mass is 10.3. The number of nitrogens with zero attached hydrogens (tertiary/aromatic N) is 3. The van der Waals surface area contributed by atoms with Gasteiger partial charge in [0.25, 0.3) is 5.56 Å². The first-order valence-electron chi connectivity index (χ1n) is 8.52. The van der Waals surface area contributed by atoms with Crippen molar-refractivity contribution in [1.29, 1.82) is 0 Å². The van der Waals surface area contributed by atoms with Gasteiger partial charge in [-0.05, 0) is 50.5 Å². The van der Waals surface area contributed by atoms with E-state index in [1.165, 1.54) is 28.9 Å². The normalized spacial score (nSPS) is 12.7. The van der Waals surface area contributed by atoms with Gasteiger partial charge in [0.05, 0.1) is 11.4 Å². The lowest BCUT2D eigenvalue weighted by molar-refractivity contribution is 0.262. The van der Waals surface area contributed by atoms with E-state index in [1.54, 1.807) is 13.0 Å². The second-order valence-electron chi connectivity index (χ2n) is 6.34. The van der Waals surface area contributed by atoms with Gasteiger partial charge in [-0.3, -0.25) is 15.1 Å². The monoisotopic (exact) mass is 368 g/mol. The van der Waals surface area contributed by atoms with Crippen LogP contribution in [0.25, 0.3) is 5.95 Å². The molecule has 138 valence electrons. The zero-order chi connectivity index (χ0) is 19.0. The van der Waals surface area contributed by atoms with Crippen LogP contribution in [0.15, 0.2) is 35.1 Å². The number of anilines is 2. The summed E-state index contributed by atoms with van der Waals surface area (Å²) in [6.45, 7) is 1.77. The predicted octanol–water partition coefficient (Wildman–Crippen LogP) is 2.54. The van der Waals surface area contributed by atoms with Gasteiger partial charge in [-0.15, -0.1) is 0 Å². The van der Waals surface area contributed by atoms with Crippen molar-refractivity contribution in [3.63, 3.8) is 0 Å². The van der Waals surface area contributed by atoms with E-state index in [2.05, 4.69) is 25.7 Å². The Labute approximate surface area is 153 Å². The van der Waals surface area contributed by atoms with Crippen LogP contribution in [0, 0.1) is 12.7 Å². The van der Waals surface area contributed by atoms with E-state index in [1.807, 2.05) is 0 Å². The number of hydrogen-bond donors (Lipinski definition) is 3. The highest BCUT2D eigenvalue weighted by Gasteiger charge is 2.20. The Morgan fingerprint density at radius 2 is 2.00 bits per heavy atom. The van der Waals surface area contributed by atoms with Crippen molar-refractivity contribution in [2.75, 3.05) is 10.6 Å². The van der Waals surface area contributed by atoms with Crippen LogP contribution in [-0.2, 0) is 12.8 Å². The summed E-state index contributed by atoms with van der Waals surface area (Å²) < 4.78 is 14.4. The third-order valence-electron chi connectivity index (χ3n) is 4.30. The van der Waals surface area contributed by atoms with Gasteiger partial charge in [0, 0.05) is 17.3 Å². The van der Waals surface area contributed by atoms with Gasteiger partial charge in [-0.1, -0.05) is 0 Å². The third kappa shape index (κ3) is 3.43. The number of hydrogen-bond acceptors (Lipinski definition) is 4. The SMILES string of the molecule is Cc1cc(NC(=O)Nc2ccc(F)cc2)n(-c2nc3c(c(=O)[nH]2)CCC3)n1. The predicted molar refractivity (Wildman–Crippen MR) is 97.8 cm³/mol.